The Labute approximate surface area is 101 Å². The molecule has 1 amide bonds. The lowest BCUT2D eigenvalue weighted by atomic mass is 10.2. The molecule has 0 aliphatic carbocycles. The van der Waals surface area contributed by atoms with Crippen LogP contribution in [0.5, 0.6) is 0 Å². The minimum atomic E-state index is -0.146. The maximum Gasteiger partial charge on any atom is 0.287 e. The predicted molar refractivity (Wildman–Crippen MR) is 68.1 cm³/mol. The highest BCUT2D eigenvalue weighted by Gasteiger charge is 2.12. The fourth-order valence-electron chi connectivity index (χ4n) is 1.66. The van der Waals surface area contributed by atoms with Crippen molar-refractivity contribution in [3.05, 3.63) is 35.6 Å². The highest BCUT2D eigenvalue weighted by atomic mass is 16.3. The predicted octanol–water partition coefficient (Wildman–Crippen LogP) is 3.13. The van der Waals surface area contributed by atoms with Crippen molar-refractivity contribution in [2.24, 2.45) is 5.92 Å². The second kappa shape index (κ2) is 4.62. The first kappa shape index (κ1) is 11.7. The largest absolute Gasteiger partial charge is 0.451 e. The maximum absolute atomic E-state index is 11.8. The summed E-state index contributed by atoms with van der Waals surface area (Å²) in [5, 5.41) is 3.81. The number of benzene rings is 1. The normalized spacial score (nSPS) is 11.1. The standard InChI is InChI=1S/C14H17NO2/c1-9(2)8-15-14(16)13-7-11-6-10(3)4-5-12(11)17-13/h4-7,9H,8H2,1-3H3,(H,15,16). The van der Waals surface area contributed by atoms with Crippen molar-refractivity contribution in [1.29, 1.82) is 0 Å². The Morgan fingerprint density at radius 2 is 2.12 bits per heavy atom. The summed E-state index contributed by atoms with van der Waals surface area (Å²) in [6.07, 6.45) is 0. The molecule has 90 valence electrons. The number of nitrogens with one attached hydrogen (secondary N) is 1. The van der Waals surface area contributed by atoms with Gasteiger partial charge in [0.1, 0.15) is 5.58 Å². The van der Waals surface area contributed by atoms with Gasteiger partial charge >= 0.3 is 0 Å². The molecule has 1 heterocycles. The molecule has 0 spiro atoms. The molecule has 2 rings (SSSR count). The smallest absolute Gasteiger partial charge is 0.287 e. The van der Waals surface area contributed by atoms with Crippen LogP contribution in [-0.2, 0) is 0 Å². The molecule has 0 fully saturated rings. The lowest BCUT2D eigenvalue weighted by molar-refractivity contribution is 0.0923. The lowest BCUT2D eigenvalue weighted by Gasteiger charge is -2.04. The average molecular weight is 231 g/mol. The molecule has 0 saturated heterocycles. The summed E-state index contributed by atoms with van der Waals surface area (Å²) < 4.78 is 5.51. The molecule has 0 saturated carbocycles. The molecule has 0 aliphatic rings. The summed E-state index contributed by atoms with van der Waals surface area (Å²) in [5.41, 5.74) is 1.91. The van der Waals surface area contributed by atoms with Crippen LogP contribution in [0.3, 0.4) is 0 Å². The first-order chi connectivity index (χ1) is 8.06. The van der Waals surface area contributed by atoms with Crippen LogP contribution in [0.4, 0.5) is 0 Å². The summed E-state index contributed by atoms with van der Waals surface area (Å²) in [6.45, 7) is 6.80. The van der Waals surface area contributed by atoms with E-state index in [0.717, 1.165) is 16.5 Å². The van der Waals surface area contributed by atoms with Crippen LogP contribution in [0, 0.1) is 12.8 Å². The Bertz CT molecular complexity index is 540. The minimum Gasteiger partial charge on any atom is -0.451 e. The molecule has 1 N–H and O–H groups in total. The van der Waals surface area contributed by atoms with E-state index in [0.29, 0.717) is 18.2 Å². The van der Waals surface area contributed by atoms with Gasteiger partial charge in [-0.3, -0.25) is 4.79 Å². The summed E-state index contributed by atoms with van der Waals surface area (Å²) in [7, 11) is 0. The van der Waals surface area contributed by atoms with Crippen LogP contribution in [0.25, 0.3) is 11.0 Å². The van der Waals surface area contributed by atoms with Crippen LogP contribution < -0.4 is 5.32 Å². The number of carbonyl (C=O) groups is 1. The molecule has 2 aromatic rings. The molecule has 1 aromatic heterocycles. The summed E-state index contributed by atoms with van der Waals surface area (Å²) >= 11 is 0. The van der Waals surface area contributed by atoms with Gasteiger partial charge in [-0.15, -0.1) is 0 Å². The molecule has 3 nitrogen and oxygen atoms in total. The highest BCUT2D eigenvalue weighted by molar-refractivity contribution is 5.96. The number of hydrogen-bond acceptors (Lipinski definition) is 2. The van der Waals surface area contributed by atoms with E-state index in [2.05, 4.69) is 19.2 Å². The van der Waals surface area contributed by atoms with Crippen molar-refractivity contribution < 1.29 is 9.21 Å². The summed E-state index contributed by atoms with van der Waals surface area (Å²) in [6, 6.07) is 7.67. The number of furan rings is 1. The number of carbonyl (C=O) groups excluding carboxylic acids is 1. The van der Waals surface area contributed by atoms with Crippen LogP contribution in [-0.4, -0.2) is 12.5 Å². The first-order valence-corrected chi connectivity index (χ1v) is 5.84. The fraction of sp³-hybridized carbons (Fsp3) is 0.357. The molecule has 0 unspecified atom stereocenters. The second-order valence-electron chi connectivity index (χ2n) is 4.76. The van der Waals surface area contributed by atoms with Gasteiger partial charge < -0.3 is 9.73 Å². The molecule has 0 radical (unpaired) electrons. The Morgan fingerprint density at radius 3 is 2.82 bits per heavy atom. The molecular weight excluding hydrogens is 214 g/mol. The Balaban J connectivity index is 2.21. The van der Waals surface area contributed by atoms with Gasteiger partial charge in [0.15, 0.2) is 5.76 Å². The summed E-state index contributed by atoms with van der Waals surface area (Å²) in [5.74, 6) is 0.671. The van der Waals surface area contributed by atoms with Crippen molar-refractivity contribution in [3.8, 4) is 0 Å². The van der Waals surface area contributed by atoms with Gasteiger partial charge in [0.2, 0.25) is 0 Å². The zero-order valence-corrected chi connectivity index (χ0v) is 10.4. The molecular formula is C14H17NO2. The third kappa shape index (κ3) is 2.67. The maximum atomic E-state index is 11.8. The number of rotatable bonds is 3. The SMILES string of the molecule is Cc1ccc2oc(C(=O)NCC(C)C)cc2c1. The number of fused-ring (bicyclic) bond motifs is 1. The number of hydrogen-bond donors (Lipinski definition) is 1. The first-order valence-electron chi connectivity index (χ1n) is 5.84. The van der Waals surface area contributed by atoms with E-state index in [1.807, 2.05) is 25.1 Å². The van der Waals surface area contributed by atoms with Crippen LogP contribution in [0.15, 0.2) is 28.7 Å². The number of amides is 1. The van der Waals surface area contributed by atoms with E-state index in [9.17, 15) is 4.79 Å². The summed E-state index contributed by atoms with van der Waals surface area (Å²) in [4.78, 5) is 11.8. The third-order valence-corrected chi connectivity index (χ3v) is 2.57. The quantitative estimate of drug-likeness (QED) is 0.881. The molecule has 0 bridgehead atoms. The van der Waals surface area contributed by atoms with E-state index in [1.54, 1.807) is 6.07 Å². The lowest BCUT2D eigenvalue weighted by Crippen LogP contribution is -2.26. The van der Waals surface area contributed by atoms with Crippen molar-refractivity contribution in [3.63, 3.8) is 0 Å². The highest BCUT2D eigenvalue weighted by Crippen LogP contribution is 2.20. The van der Waals surface area contributed by atoms with Gasteiger partial charge in [-0.05, 0) is 31.0 Å². The third-order valence-electron chi connectivity index (χ3n) is 2.57. The number of aryl methyl sites for hydroxylation is 1. The van der Waals surface area contributed by atoms with Gasteiger partial charge in [0, 0.05) is 11.9 Å². The van der Waals surface area contributed by atoms with E-state index < -0.39 is 0 Å². The van der Waals surface area contributed by atoms with E-state index >= 15 is 0 Å². The van der Waals surface area contributed by atoms with Crippen molar-refractivity contribution in [2.45, 2.75) is 20.8 Å². The monoisotopic (exact) mass is 231 g/mol. The van der Waals surface area contributed by atoms with Gasteiger partial charge in [-0.25, -0.2) is 0 Å². The Morgan fingerprint density at radius 1 is 1.35 bits per heavy atom. The van der Waals surface area contributed by atoms with Gasteiger partial charge in [0.25, 0.3) is 5.91 Å². The van der Waals surface area contributed by atoms with Crippen LogP contribution >= 0.6 is 0 Å². The van der Waals surface area contributed by atoms with E-state index in [1.165, 1.54) is 0 Å². The topological polar surface area (TPSA) is 42.2 Å². The molecule has 0 aliphatic heterocycles. The molecule has 3 heteroatoms. The zero-order chi connectivity index (χ0) is 12.4. The van der Waals surface area contributed by atoms with Crippen LogP contribution in [0.2, 0.25) is 0 Å². The molecule has 1 aromatic carbocycles. The van der Waals surface area contributed by atoms with Crippen molar-refractivity contribution in [1.82, 2.24) is 5.32 Å². The van der Waals surface area contributed by atoms with Gasteiger partial charge in [-0.1, -0.05) is 25.5 Å². The second-order valence-corrected chi connectivity index (χ2v) is 4.76. The van der Waals surface area contributed by atoms with Crippen molar-refractivity contribution >= 4 is 16.9 Å². The Kier molecular flexibility index (Phi) is 3.18. The van der Waals surface area contributed by atoms with Crippen molar-refractivity contribution in [2.75, 3.05) is 6.54 Å². The van der Waals surface area contributed by atoms with Gasteiger partial charge in [0.05, 0.1) is 0 Å². The van der Waals surface area contributed by atoms with E-state index in [-0.39, 0.29) is 5.91 Å². The zero-order valence-electron chi connectivity index (χ0n) is 10.4. The fourth-order valence-corrected chi connectivity index (χ4v) is 1.66. The van der Waals surface area contributed by atoms with Gasteiger partial charge in [-0.2, -0.15) is 0 Å². The van der Waals surface area contributed by atoms with E-state index in [4.69, 9.17) is 4.42 Å². The molecule has 17 heavy (non-hydrogen) atoms. The Hall–Kier alpha value is -1.77. The minimum absolute atomic E-state index is 0.146. The van der Waals surface area contributed by atoms with Crippen LogP contribution in [0.1, 0.15) is 30.0 Å². The average Bonchev–Trinajstić information content (AvgIpc) is 2.68. The molecule has 0 atom stereocenters.